The maximum Gasteiger partial charge on any atom is 0.319 e. The van der Waals surface area contributed by atoms with Gasteiger partial charge in [0, 0.05) is 6.54 Å². The smallest absolute Gasteiger partial charge is 0.319 e. The molecule has 0 fully saturated rings. The van der Waals surface area contributed by atoms with Crippen LogP contribution in [0.1, 0.15) is 18.1 Å². The first kappa shape index (κ1) is 14.5. The minimum absolute atomic E-state index is 0.221. The first-order chi connectivity index (χ1) is 8.60. The SMILES string of the molecule is CCc1cc(CN(C)CC(=O)OC)ccc1OC. The first-order valence-electron chi connectivity index (χ1n) is 6.01. The summed E-state index contributed by atoms with van der Waals surface area (Å²) in [5.41, 5.74) is 2.35. The van der Waals surface area contributed by atoms with Crippen LogP contribution in [0.2, 0.25) is 0 Å². The second kappa shape index (κ2) is 7.01. The standard InChI is InChI=1S/C14H21NO3/c1-5-12-8-11(6-7-13(12)17-3)9-15(2)10-14(16)18-4/h6-8H,5,9-10H2,1-4H3. The van der Waals surface area contributed by atoms with Crippen molar-refractivity contribution in [2.75, 3.05) is 27.8 Å². The fourth-order valence-corrected chi connectivity index (χ4v) is 1.86. The van der Waals surface area contributed by atoms with Crippen LogP contribution in [0.15, 0.2) is 18.2 Å². The Bertz CT molecular complexity index is 404. The van der Waals surface area contributed by atoms with Crippen molar-refractivity contribution in [2.24, 2.45) is 0 Å². The Hall–Kier alpha value is -1.55. The lowest BCUT2D eigenvalue weighted by Gasteiger charge is -2.16. The van der Waals surface area contributed by atoms with Crippen molar-refractivity contribution in [3.05, 3.63) is 29.3 Å². The number of rotatable bonds is 6. The number of nitrogens with zero attached hydrogens (tertiary/aromatic N) is 1. The third kappa shape index (κ3) is 4.04. The van der Waals surface area contributed by atoms with Crippen molar-refractivity contribution in [3.63, 3.8) is 0 Å². The highest BCUT2D eigenvalue weighted by Crippen LogP contribution is 2.20. The number of ether oxygens (including phenoxy) is 2. The van der Waals surface area contributed by atoms with E-state index in [2.05, 4.69) is 17.7 Å². The van der Waals surface area contributed by atoms with Crippen molar-refractivity contribution in [1.29, 1.82) is 0 Å². The summed E-state index contributed by atoms with van der Waals surface area (Å²) >= 11 is 0. The summed E-state index contributed by atoms with van der Waals surface area (Å²) in [6.07, 6.45) is 0.928. The van der Waals surface area contributed by atoms with Gasteiger partial charge in [-0.2, -0.15) is 0 Å². The molecule has 0 heterocycles. The predicted molar refractivity (Wildman–Crippen MR) is 70.7 cm³/mol. The molecule has 0 saturated carbocycles. The van der Waals surface area contributed by atoms with E-state index in [4.69, 9.17) is 4.74 Å². The largest absolute Gasteiger partial charge is 0.496 e. The van der Waals surface area contributed by atoms with Crippen LogP contribution in [-0.4, -0.2) is 38.7 Å². The molecule has 1 rings (SSSR count). The number of hydrogen-bond donors (Lipinski definition) is 0. The average molecular weight is 251 g/mol. The third-order valence-corrected chi connectivity index (χ3v) is 2.80. The second-order valence-electron chi connectivity index (χ2n) is 4.25. The monoisotopic (exact) mass is 251 g/mol. The van der Waals surface area contributed by atoms with Crippen molar-refractivity contribution in [1.82, 2.24) is 4.90 Å². The number of hydrogen-bond acceptors (Lipinski definition) is 4. The zero-order valence-corrected chi connectivity index (χ0v) is 11.5. The molecule has 0 aliphatic heterocycles. The van der Waals surface area contributed by atoms with Crippen LogP contribution in [0.3, 0.4) is 0 Å². The molecule has 0 aliphatic rings. The van der Waals surface area contributed by atoms with Crippen LogP contribution in [0.4, 0.5) is 0 Å². The normalized spacial score (nSPS) is 10.5. The van der Waals surface area contributed by atoms with Crippen molar-refractivity contribution in [2.45, 2.75) is 19.9 Å². The molecule has 0 aliphatic carbocycles. The van der Waals surface area contributed by atoms with E-state index in [9.17, 15) is 4.79 Å². The topological polar surface area (TPSA) is 38.8 Å². The van der Waals surface area contributed by atoms with Gasteiger partial charge in [0.05, 0.1) is 20.8 Å². The lowest BCUT2D eigenvalue weighted by atomic mass is 10.1. The molecule has 0 radical (unpaired) electrons. The molecule has 4 heteroatoms. The van der Waals surface area contributed by atoms with Gasteiger partial charge in [0.25, 0.3) is 0 Å². The molecule has 0 amide bonds. The van der Waals surface area contributed by atoms with Gasteiger partial charge in [-0.1, -0.05) is 19.1 Å². The minimum atomic E-state index is -0.221. The van der Waals surface area contributed by atoms with Gasteiger partial charge in [0.2, 0.25) is 0 Å². The highest BCUT2D eigenvalue weighted by atomic mass is 16.5. The average Bonchev–Trinajstić information content (AvgIpc) is 2.38. The van der Waals surface area contributed by atoms with Gasteiger partial charge < -0.3 is 9.47 Å². The van der Waals surface area contributed by atoms with Gasteiger partial charge in [-0.05, 0) is 30.7 Å². The Labute approximate surface area is 108 Å². The Kier molecular flexibility index (Phi) is 5.65. The van der Waals surface area contributed by atoms with Crippen molar-refractivity contribution >= 4 is 5.97 Å². The molecule has 1 aromatic carbocycles. The van der Waals surface area contributed by atoms with Gasteiger partial charge in [0.15, 0.2) is 0 Å². The molecule has 0 unspecified atom stereocenters. The van der Waals surface area contributed by atoms with E-state index < -0.39 is 0 Å². The molecule has 100 valence electrons. The highest BCUT2D eigenvalue weighted by Gasteiger charge is 2.08. The van der Waals surface area contributed by atoms with E-state index in [-0.39, 0.29) is 5.97 Å². The third-order valence-electron chi connectivity index (χ3n) is 2.80. The van der Waals surface area contributed by atoms with Gasteiger partial charge in [-0.3, -0.25) is 9.69 Å². The van der Waals surface area contributed by atoms with Crippen LogP contribution in [0.25, 0.3) is 0 Å². The van der Waals surface area contributed by atoms with Crippen LogP contribution in [0, 0.1) is 0 Å². The molecule has 0 saturated heterocycles. The van der Waals surface area contributed by atoms with E-state index in [0.717, 1.165) is 12.2 Å². The molecule has 0 N–H and O–H groups in total. The molecule has 4 nitrogen and oxygen atoms in total. The summed E-state index contributed by atoms with van der Waals surface area (Å²) in [4.78, 5) is 13.1. The fourth-order valence-electron chi connectivity index (χ4n) is 1.86. The molecular formula is C14H21NO3. The molecule has 0 atom stereocenters. The van der Waals surface area contributed by atoms with E-state index in [1.807, 2.05) is 24.1 Å². The Morgan fingerprint density at radius 3 is 2.61 bits per heavy atom. The van der Waals surface area contributed by atoms with Crippen LogP contribution in [0.5, 0.6) is 5.75 Å². The maximum absolute atomic E-state index is 11.2. The van der Waals surface area contributed by atoms with Gasteiger partial charge >= 0.3 is 5.97 Å². The number of benzene rings is 1. The number of carbonyl (C=O) groups excluding carboxylic acids is 1. The summed E-state index contributed by atoms with van der Waals surface area (Å²) in [6.45, 7) is 3.11. The summed E-state index contributed by atoms with van der Waals surface area (Å²) in [5, 5.41) is 0. The zero-order valence-electron chi connectivity index (χ0n) is 11.5. The van der Waals surface area contributed by atoms with Gasteiger partial charge in [-0.25, -0.2) is 0 Å². The van der Waals surface area contributed by atoms with E-state index in [1.165, 1.54) is 18.2 Å². The van der Waals surface area contributed by atoms with Gasteiger partial charge in [-0.15, -0.1) is 0 Å². The minimum Gasteiger partial charge on any atom is -0.496 e. The maximum atomic E-state index is 11.2. The van der Waals surface area contributed by atoms with E-state index in [1.54, 1.807) is 7.11 Å². The Morgan fingerprint density at radius 2 is 2.06 bits per heavy atom. The van der Waals surface area contributed by atoms with Gasteiger partial charge in [0.1, 0.15) is 5.75 Å². The lowest BCUT2D eigenvalue weighted by molar-refractivity contribution is -0.141. The molecule has 0 spiro atoms. The number of carbonyl (C=O) groups is 1. The summed E-state index contributed by atoms with van der Waals surface area (Å²) in [5.74, 6) is 0.693. The number of aryl methyl sites for hydroxylation is 1. The summed E-state index contributed by atoms with van der Waals surface area (Å²) < 4.78 is 9.93. The second-order valence-corrected chi connectivity index (χ2v) is 4.25. The molecular weight excluding hydrogens is 230 g/mol. The number of methoxy groups -OCH3 is 2. The fraction of sp³-hybridized carbons (Fsp3) is 0.500. The summed E-state index contributed by atoms with van der Waals surface area (Å²) in [6, 6.07) is 6.11. The van der Waals surface area contributed by atoms with Crippen LogP contribution < -0.4 is 4.74 Å². The van der Waals surface area contributed by atoms with Crippen molar-refractivity contribution < 1.29 is 14.3 Å². The van der Waals surface area contributed by atoms with Crippen molar-refractivity contribution in [3.8, 4) is 5.75 Å². The molecule has 18 heavy (non-hydrogen) atoms. The molecule has 0 bridgehead atoms. The van der Waals surface area contributed by atoms with E-state index >= 15 is 0 Å². The number of esters is 1. The Balaban J connectivity index is 2.70. The first-order valence-corrected chi connectivity index (χ1v) is 6.01. The predicted octanol–water partition coefficient (Wildman–Crippen LogP) is 1.86. The Morgan fingerprint density at radius 1 is 1.33 bits per heavy atom. The zero-order chi connectivity index (χ0) is 13.5. The number of likely N-dealkylation sites (N-methyl/N-ethyl adjacent to an activating group) is 1. The molecule has 0 aromatic heterocycles. The lowest BCUT2D eigenvalue weighted by Crippen LogP contribution is -2.26. The van der Waals surface area contributed by atoms with Crippen LogP contribution >= 0.6 is 0 Å². The van der Waals surface area contributed by atoms with Crippen LogP contribution in [-0.2, 0) is 22.5 Å². The molecule has 1 aromatic rings. The highest BCUT2D eigenvalue weighted by molar-refractivity contribution is 5.71. The van der Waals surface area contributed by atoms with E-state index in [0.29, 0.717) is 13.1 Å². The summed E-state index contributed by atoms with van der Waals surface area (Å²) in [7, 11) is 4.98. The quantitative estimate of drug-likeness (QED) is 0.723.